The maximum atomic E-state index is 5.67. The van der Waals surface area contributed by atoms with Gasteiger partial charge < -0.3 is 4.74 Å². The first-order chi connectivity index (χ1) is 9.20. The van der Waals surface area contributed by atoms with Crippen molar-refractivity contribution in [2.75, 3.05) is 6.61 Å². The first-order valence-corrected chi connectivity index (χ1v) is 6.99. The molecule has 7 heteroatoms. The minimum atomic E-state index is 0.447. The van der Waals surface area contributed by atoms with Crippen LogP contribution in [0.25, 0.3) is 0 Å². The molecule has 0 atom stereocenters. The van der Waals surface area contributed by atoms with Crippen molar-refractivity contribution >= 4 is 34.4 Å². The van der Waals surface area contributed by atoms with Gasteiger partial charge in [0, 0.05) is 10.0 Å². The third kappa shape index (κ3) is 3.74. The molecule has 100 valence electrons. The van der Waals surface area contributed by atoms with E-state index in [9.17, 15) is 0 Å². The molecule has 0 bridgehead atoms. The van der Waals surface area contributed by atoms with Gasteiger partial charge in [-0.3, -0.25) is 5.10 Å². The van der Waals surface area contributed by atoms with E-state index < -0.39 is 0 Å². The fraction of sp³-hybridized carbons (Fsp3) is 0.250. The van der Waals surface area contributed by atoms with Gasteiger partial charge in [-0.25, -0.2) is 0 Å². The van der Waals surface area contributed by atoms with E-state index in [4.69, 9.17) is 17.0 Å². The minimum absolute atomic E-state index is 0.447. The Balaban J connectivity index is 2.27. The molecule has 0 fully saturated rings. The molecule has 0 aliphatic rings. The van der Waals surface area contributed by atoms with Crippen molar-refractivity contribution < 1.29 is 4.74 Å². The number of hydrogen-bond acceptors (Lipinski definition) is 4. The fourth-order valence-electron chi connectivity index (χ4n) is 1.41. The number of aromatic amines is 1. The van der Waals surface area contributed by atoms with Gasteiger partial charge in [0.2, 0.25) is 4.77 Å². The third-order valence-electron chi connectivity index (χ3n) is 2.29. The van der Waals surface area contributed by atoms with E-state index in [0.29, 0.717) is 11.4 Å². The molecule has 19 heavy (non-hydrogen) atoms. The summed E-state index contributed by atoms with van der Waals surface area (Å²) in [4.78, 5) is 0. The van der Waals surface area contributed by atoms with Gasteiger partial charge in [-0.05, 0) is 36.8 Å². The van der Waals surface area contributed by atoms with Crippen LogP contribution >= 0.6 is 28.1 Å². The van der Waals surface area contributed by atoms with Crippen LogP contribution in [0.3, 0.4) is 0 Å². The summed E-state index contributed by atoms with van der Waals surface area (Å²) in [6, 6.07) is 5.79. The highest BCUT2D eigenvalue weighted by molar-refractivity contribution is 9.10. The second kappa shape index (κ2) is 6.63. The topological polar surface area (TPSA) is 55.2 Å². The van der Waals surface area contributed by atoms with Crippen LogP contribution in [0.4, 0.5) is 0 Å². The van der Waals surface area contributed by atoms with Crippen LogP contribution in [0.15, 0.2) is 34.1 Å². The summed E-state index contributed by atoms with van der Waals surface area (Å²) in [5.74, 6) is 0.795. The highest BCUT2D eigenvalue weighted by Gasteiger charge is 2.02. The van der Waals surface area contributed by atoms with Gasteiger partial charge in [-0.1, -0.05) is 22.9 Å². The molecule has 1 heterocycles. The van der Waals surface area contributed by atoms with Crippen molar-refractivity contribution in [3.63, 3.8) is 0 Å². The Kier molecular flexibility index (Phi) is 4.86. The molecule has 0 amide bonds. The normalized spacial score (nSPS) is 11.1. The average Bonchev–Trinajstić information content (AvgIpc) is 2.81. The summed E-state index contributed by atoms with van der Waals surface area (Å²) in [6.07, 6.45) is 4.17. The zero-order chi connectivity index (χ0) is 13.7. The lowest BCUT2D eigenvalue weighted by atomic mass is 10.2. The monoisotopic (exact) mass is 340 g/mol. The van der Waals surface area contributed by atoms with E-state index in [1.54, 1.807) is 6.21 Å². The van der Waals surface area contributed by atoms with E-state index in [2.05, 4.69) is 38.2 Å². The Morgan fingerprint density at radius 1 is 1.58 bits per heavy atom. The average molecular weight is 341 g/mol. The Morgan fingerprint density at radius 2 is 2.42 bits per heavy atom. The second-order valence-corrected chi connectivity index (χ2v) is 5.08. The van der Waals surface area contributed by atoms with Crippen molar-refractivity contribution in [2.45, 2.75) is 13.3 Å². The van der Waals surface area contributed by atoms with Crippen LogP contribution < -0.4 is 4.74 Å². The number of nitrogens with one attached hydrogen (secondary N) is 1. The van der Waals surface area contributed by atoms with Gasteiger partial charge in [-0.2, -0.15) is 14.9 Å². The first-order valence-electron chi connectivity index (χ1n) is 5.79. The van der Waals surface area contributed by atoms with Crippen LogP contribution in [0.1, 0.15) is 18.9 Å². The summed E-state index contributed by atoms with van der Waals surface area (Å²) in [5.41, 5.74) is 0.880. The molecule has 2 rings (SSSR count). The van der Waals surface area contributed by atoms with Crippen molar-refractivity contribution in [3.05, 3.63) is 39.3 Å². The van der Waals surface area contributed by atoms with Crippen molar-refractivity contribution in [1.29, 1.82) is 0 Å². The number of benzene rings is 1. The lowest BCUT2D eigenvalue weighted by Crippen LogP contribution is -1.99. The number of rotatable bonds is 5. The molecule has 0 saturated heterocycles. The Hall–Kier alpha value is -1.47. The fourth-order valence-corrected chi connectivity index (χ4v) is 1.94. The molecule has 1 aromatic carbocycles. The molecule has 2 aromatic rings. The number of aromatic nitrogens is 3. The molecule has 0 aliphatic heterocycles. The standard InChI is InChI=1S/C12H13BrN4OS/c1-2-5-18-11-4-3-10(13)6-9(11)7-15-17-8-14-16-12(17)19/h3-4,6-8H,2,5H2,1H3,(H,16,19)/b15-7-. The van der Waals surface area contributed by atoms with Crippen molar-refractivity contribution in [1.82, 2.24) is 14.9 Å². The number of nitrogens with zero attached hydrogens (tertiary/aromatic N) is 3. The largest absolute Gasteiger partial charge is 0.493 e. The zero-order valence-corrected chi connectivity index (χ0v) is 12.7. The molecule has 1 aromatic heterocycles. The highest BCUT2D eigenvalue weighted by atomic mass is 79.9. The van der Waals surface area contributed by atoms with Crippen LogP contribution in [-0.4, -0.2) is 27.7 Å². The van der Waals surface area contributed by atoms with Crippen LogP contribution in [0.5, 0.6) is 5.75 Å². The lowest BCUT2D eigenvalue weighted by molar-refractivity contribution is 0.317. The smallest absolute Gasteiger partial charge is 0.216 e. The second-order valence-electron chi connectivity index (χ2n) is 3.78. The number of halogens is 1. The summed E-state index contributed by atoms with van der Waals surface area (Å²) in [6.45, 7) is 2.74. The SMILES string of the molecule is CCCOc1ccc(Br)cc1/C=N\n1cn[nH]c1=S. The predicted octanol–water partition coefficient (Wildman–Crippen LogP) is 3.37. The Morgan fingerprint density at radius 3 is 3.11 bits per heavy atom. The van der Waals surface area contributed by atoms with E-state index >= 15 is 0 Å². The first kappa shape index (κ1) is 14.0. The number of hydrogen-bond donors (Lipinski definition) is 1. The van der Waals surface area contributed by atoms with Gasteiger partial charge in [0.25, 0.3) is 0 Å². The Bertz CT molecular complexity index is 635. The molecule has 0 spiro atoms. The molecule has 5 nitrogen and oxygen atoms in total. The predicted molar refractivity (Wildman–Crippen MR) is 80.3 cm³/mol. The lowest BCUT2D eigenvalue weighted by Gasteiger charge is -2.08. The molecule has 0 radical (unpaired) electrons. The summed E-state index contributed by atoms with van der Waals surface area (Å²) >= 11 is 8.45. The zero-order valence-electron chi connectivity index (χ0n) is 10.3. The van der Waals surface area contributed by atoms with Gasteiger partial charge in [-0.15, -0.1) is 0 Å². The molecule has 0 aliphatic carbocycles. The van der Waals surface area contributed by atoms with E-state index in [1.165, 1.54) is 11.0 Å². The number of ether oxygens (including phenoxy) is 1. The van der Waals surface area contributed by atoms with Gasteiger partial charge in [0.1, 0.15) is 12.1 Å². The van der Waals surface area contributed by atoms with Crippen LogP contribution in [0.2, 0.25) is 0 Å². The Labute approximate surface area is 124 Å². The summed E-state index contributed by atoms with van der Waals surface area (Å²) in [7, 11) is 0. The van der Waals surface area contributed by atoms with Crippen LogP contribution in [-0.2, 0) is 0 Å². The summed E-state index contributed by atoms with van der Waals surface area (Å²) < 4.78 is 8.57. The van der Waals surface area contributed by atoms with E-state index in [-0.39, 0.29) is 0 Å². The maximum absolute atomic E-state index is 5.67. The number of H-pyrrole nitrogens is 1. The molecule has 0 saturated carbocycles. The van der Waals surface area contributed by atoms with Crippen molar-refractivity contribution in [2.24, 2.45) is 5.10 Å². The summed E-state index contributed by atoms with van der Waals surface area (Å²) in [5, 5.41) is 10.7. The minimum Gasteiger partial charge on any atom is -0.493 e. The van der Waals surface area contributed by atoms with E-state index in [1.807, 2.05) is 18.2 Å². The van der Waals surface area contributed by atoms with E-state index in [0.717, 1.165) is 22.2 Å². The molecular weight excluding hydrogens is 328 g/mol. The maximum Gasteiger partial charge on any atom is 0.216 e. The van der Waals surface area contributed by atoms with Gasteiger partial charge in [0.15, 0.2) is 0 Å². The van der Waals surface area contributed by atoms with Gasteiger partial charge >= 0.3 is 0 Å². The van der Waals surface area contributed by atoms with Gasteiger partial charge in [0.05, 0.1) is 12.8 Å². The third-order valence-corrected chi connectivity index (χ3v) is 3.06. The molecule has 1 N–H and O–H groups in total. The van der Waals surface area contributed by atoms with Crippen LogP contribution in [0, 0.1) is 4.77 Å². The highest BCUT2D eigenvalue weighted by Crippen LogP contribution is 2.22. The molecular formula is C12H13BrN4OS. The van der Waals surface area contributed by atoms with Crippen molar-refractivity contribution in [3.8, 4) is 5.75 Å². The molecule has 0 unspecified atom stereocenters. The quantitative estimate of drug-likeness (QED) is 0.670.